The zero-order valence-electron chi connectivity index (χ0n) is 34.6. The molecule has 0 aromatic carbocycles. The van der Waals surface area contributed by atoms with Crippen molar-refractivity contribution in [3.63, 3.8) is 0 Å². The highest BCUT2D eigenvalue weighted by Crippen LogP contribution is 2.43. The van der Waals surface area contributed by atoms with Gasteiger partial charge in [-0.15, -0.1) is 0 Å². The third kappa shape index (κ3) is 40.9. The molecule has 55 heavy (non-hydrogen) atoms. The van der Waals surface area contributed by atoms with Crippen molar-refractivity contribution in [3.8, 4) is 0 Å². The second kappa shape index (κ2) is 41.1. The van der Waals surface area contributed by atoms with E-state index in [1.807, 2.05) is 12.2 Å². The topological polar surface area (TPSA) is 134 Å². The van der Waals surface area contributed by atoms with Crippen LogP contribution < -0.4 is 5.73 Å². The first-order valence-electron chi connectivity index (χ1n) is 21.4. The number of rotatable bonds is 39. The molecule has 316 valence electrons. The minimum Gasteiger partial charge on any atom is -0.462 e. The van der Waals surface area contributed by atoms with Crippen LogP contribution >= 0.6 is 7.82 Å². The average molecular weight is 792 g/mol. The Hall–Kier alpha value is -2.55. The highest BCUT2D eigenvalue weighted by atomic mass is 31.2. The molecule has 0 aromatic rings. The van der Waals surface area contributed by atoms with Gasteiger partial charge in [0.25, 0.3) is 0 Å². The number of esters is 2. The number of hydrogen-bond donors (Lipinski definition) is 2. The summed E-state index contributed by atoms with van der Waals surface area (Å²) in [5.41, 5.74) is 5.34. The molecular formula is C45H78NO8P. The second-order valence-electron chi connectivity index (χ2n) is 13.8. The van der Waals surface area contributed by atoms with Gasteiger partial charge in [0.2, 0.25) is 0 Å². The van der Waals surface area contributed by atoms with Gasteiger partial charge in [0.1, 0.15) is 6.61 Å². The van der Waals surface area contributed by atoms with Crippen LogP contribution in [0.1, 0.15) is 168 Å². The zero-order chi connectivity index (χ0) is 40.3. The van der Waals surface area contributed by atoms with Crippen molar-refractivity contribution < 1.29 is 37.6 Å². The van der Waals surface area contributed by atoms with Gasteiger partial charge in [-0.05, 0) is 51.4 Å². The van der Waals surface area contributed by atoms with Crippen molar-refractivity contribution in [3.05, 3.63) is 72.9 Å². The van der Waals surface area contributed by atoms with E-state index in [0.29, 0.717) is 6.42 Å². The smallest absolute Gasteiger partial charge is 0.462 e. The predicted octanol–water partition coefficient (Wildman–Crippen LogP) is 12.3. The second-order valence-corrected chi connectivity index (χ2v) is 15.3. The standard InChI is InChI=1S/C45H78NO8P/c1-3-5-7-9-11-13-15-17-19-20-21-22-24-26-28-30-32-34-36-38-45(48)54-43(42-53-55(49,50)52-40-39-46)41-51-44(47)37-35-33-31-29-27-25-23-18-16-14-12-10-8-6-4-2/h5,7,11,13,17,19,21-22,26,28,32,34,43H,3-4,6,8-10,12,14-16,18,20,23-25,27,29-31,33,35-42,46H2,1-2H3,(H,49,50)/b7-5-,13-11-,19-17-,22-21-,28-26-,34-32-/t43-/m1/s1. The van der Waals surface area contributed by atoms with Crippen molar-refractivity contribution in [2.75, 3.05) is 26.4 Å². The molecule has 0 radical (unpaired) electrons. The Labute approximate surface area is 335 Å². The molecule has 0 aliphatic carbocycles. The van der Waals surface area contributed by atoms with E-state index in [4.69, 9.17) is 24.3 Å². The molecular weight excluding hydrogens is 713 g/mol. The van der Waals surface area contributed by atoms with E-state index >= 15 is 0 Å². The van der Waals surface area contributed by atoms with Crippen LogP contribution in [0.5, 0.6) is 0 Å². The van der Waals surface area contributed by atoms with Crippen molar-refractivity contribution >= 4 is 19.8 Å². The maximum atomic E-state index is 12.5. The lowest BCUT2D eigenvalue weighted by molar-refractivity contribution is -0.161. The normalized spacial score (nSPS) is 14.0. The van der Waals surface area contributed by atoms with Crippen LogP contribution in [0.25, 0.3) is 0 Å². The Morgan fingerprint density at radius 3 is 1.45 bits per heavy atom. The van der Waals surface area contributed by atoms with Crippen LogP contribution in [0.3, 0.4) is 0 Å². The van der Waals surface area contributed by atoms with Gasteiger partial charge >= 0.3 is 19.8 Å². The molecule has 0 fully saturated rings. The van der Waals surface area contributed by atoms with E-state index in [0.717, 1.165) is 57.8 Å². The molecule has 9 nitrogen and oxygen atoms in total. The van der Waals surface area contributed by atoms with Gasteiger partial charge in [0.05, 0.1) is 13.2 Å². The summed E-state index contributed by atoms with van der Waals surface area (Å²) in [7, 11) is -4.40. The lowest BCUT2D eigenvalue weighted by atomic mass is 10.0. The van der Waals surface area contributed by atoms with Gasteiger partial charge in [-0.2, -0.15) is 0 Å². The van der Waals surface area contributed by atoms with Gasteiger partial charge in [0, 0.05) is 19.4 Å². The fraction of sp³-hybridized carbons (Fsp3) is 0.689. The summed E-state index contributed by atoms with van der Waals surface area (Å²) in [6.45, 7) is 3.53. The number of phosphoric acid groups is 1. The first-order valence-corrected chi connectivity index (χ1v) is 22.9. The van der Waals surface area contributed by atoms with Gasteiger partial charge in [-0.25, -0.2) is 4.57 Å². The largest absolute Gasteiger partial charge is 0.472 e. The molecule has 10 heteroatoms. The molecule has 0 rings (SSSR count). The summed E-state index contributed by atoms with van der Waals surface area (Å²) in [4.78, 5) is 34.8. The quantitative estimate of drug-likeness (QED) is 0.0270. The number of carbonyl (C=O) groups excluding carboxylic acids is 2. The first kappa shape index (κ1) is 52.5. The third-order valence-electron chi connectivity index (χ3n) is 8.62. The van der Waals surface area contributed by atoms with Crippen molar-refractivity contribution in [2.45, 2.75) is 174 Å². The molecule has 1 unspecified atom stereocenters. The van der Waals surface area contributed by atoms with Crippen molar-refractivity contribution in [1.82, 2.24) is 0 Å². The monoisotopic (exact) mass is 792 g/mol. The maximum Gasteiger partial charge on any atom is 0.472 e. The van der Waals surface area contributed by atoms with Crippen LogP contribution in [0.4, 0.5) is 0 Å². The third-order valence-corrected chi connectivity index (χ3v) is 9.60. The maximum absolute atomic E-state index is 12.5. The SMILES string of the molecule is CC/C=C\C/C=C\C/C=C\C/C=C\C/C=C\C/C=C\CCC(=O)O[C@H](COC(=O)CCCCCCCCCCCCCCCCC)COP(=O)(O)OCCN. The molecule has 0 saturated carbocycles. The fourth-order valence-electron chi connectivity index (χ4n) is 5.48. The number of hydrogen-bond acceptors (Lipinski definition) is 8. The number of carbonyl (C=O) groups is 2. The molecule has 3 N–H and O–H groups in total. The molecule has 0 bridgehead atoms. The molecule has 0 amide bonds. The Bertz CT molecular complexity index is 1130. The zero-order valence-corrected chi connectivity index (χ0v) is 35.5. The summed E-state index contributed by atoms with van der Waals surface area (Å²) in [6.07, 6.45) is 49.5. The van der Waals surface area contributed by atoms with Gasteiger partial charge in [-0.3, -0.25) is 18.6 Å². The highest BCUT2D eigenvalue weighted by Gasteiger charge is 2.25. The number of unbranched alkanes of at least 4 members (excludes halogenated alkanes) is 14. The molecule has 0 spiro atoms. The van der Waals surface area contributed by atoms with Crippen LogP contribution in [0.15, 0.2) is 72.9 Å². The van der Waals surface area contributed by atoms with Crippen molar-refractivity contribution in [2.24, 2.45) is 5.73 Å². The summed E-state index contributed by atoms with van der Waals surface area (Å²) >= 11 is 0. The summed E-state index contributed by atoms with van der Waals surface area (Å²) in [6, 6.07) is 0. The summed E-state index contributed by atoms with van der Waals surface area (Å²) in [5, 5.41) is 0. The number of ether oxygens (including phenoxy) is 2. The number of phosphoric ester groups is 1. The van der Waals surface area contributed by atoms with E-state index in [2.05, 4.69) is 74.6 Å². The van der Waals surface area contributed by atoms with Gasteiger partial charge in [-0.1, -0.05) is 177 Å². The van der Waals surface area contributed by atoms with E-state index in [9.17, 15) is 19.0 Å². The first-order chi connectivity index (χ1) is 26.8. The van der Waals surface area contributed by atoms with Crippen LogP contribution in [0.2, 0.25) is 0 Å². The average Bonchev–Trinajstić information content (AvgIpc) is 3.17. The minimum absolute atomic E-state index is 0.0395. The predicted molar refractivity (Wildman–Crippen MR) is 229 cm³/mol. The Kier molecular flexibility index (Phi) is 39.2. The Morgan fingerprint density at radius 1 is 0.564 bits per heavy atom. The van der Waals surface area contributed by atoms with E-state index in [1.54, 1.807) is 0 Å². The highest BCUT2D eigenvalue weighted by molar-refractivity contribution is 7.47. The van der Waals surface area contributed by atoms with Crippen LogP contribution in [-0.2, 0) is 32.7 Å². The molecule has 0 saturated heterocycles. The lowest BCUT2D eigenvalue weighted by Gasteiger charge is -2.19. The number of nitrogens with two attached hydrogens (primary N) is 1. The summed E-state index contributed by atoms with van der Waals surface area (Å²) < 4.78 is 32.7. The van der Waals surface area contributed by atoms with Gasteiger partial charge in [0.15, 0.2) is 6.10 Å². The molecule has 2 atom stereocenters. The molecule has 0 aliphatic rings. The van der Waals surface area contributed by atoms with Gasteiger partial charge < -0.3 is 20.1 Å². The van der Waals surface area contributed by atoms with E-state index in [1.165, 1.54) is 77.0 Å². The molecule has 0 aliphatic heterocycles. The van der Waals surface area contributed by atoms with Crippen molar-refractivity contribution in [1.29, 1.82) is 0 Å². The van der Waals surface area contributed by atoms with Crippen LogP contribution in [-0.4, -0.2) is 49.3 Å². The number of allylic oxidation sites excluding steroid dienone is 12. The van der Waals surface area contributed by atoms with E-state index in [-0.39, 0.29) is 32.6 Å². The molecule has 0 aromatic heterocycles. The fourth-order valence-corrected chi connectivity index (χ4v) is 6.25. The Morgan fingerprint density at radius 2 is 1.00 bits per heavy atom. The Balaban J connectivity index is 4.30. The lowest BCUT2D eigenvalue weighted by Crippen LogP contribution is -2.29. The minimum atomic E-state index is -4.40. The van der Waals surface area contributed by atoms with E-state index < -0.39 is 32.5 Å². The summed E-state index contributed by atoms with van der Waals surface area (Å²) in [5.74, 6) is -0.928. The molecule has 0 heterocycles. The van der Waals surface area contributed by atoms with Crippen LogP contribution in [0, 0.1) is 0 Å².